The third-order valence-corrected chi connectivity index (χ3v) is 6.62. The van der Waals surface area contributed by atoms with E-state index in [9.17, 15) is 14.0 Å². The van der Waals surface area contributed by atoms with Gasteiger partial charge in [0, 0.05) is 25.8 Å². The Morgan fingerprint density at radius 3 is 2.55 bits per heavy atom. The summed E-state index contributed by atoms with van der Waals surface area (Å²) in [6.45, 7) is 4.50. The van der Waals surface area contributed by atoms with Gasteiger partial charge in [0.05, 0.1) is 18.6 Å². The van der Waals surface area contributed by atoms with Crippen LogP contribution in [0.1, 0.15) is 52.7 Å². The van der Waals surface area contributed by atoms with Gasteiger partial charge >= 0.3 is 0 Å². The van der Waals surface area contributed by atoms with E-state index in [2.05, 4.69) is 10.2 Å². The number of amides is 2. The van der Waals surface area contributed by atoms with E-state index in [1.165, 1.54) is 25.0 Å². The monoisotopic (exact) mass is 453 g/mol. The summed E-state index contributed by atoms with van der Waals surface area (Å²) in [5.74, 6) is -1.20. The van der Waals surface area contributed by atoms with Gasteiger partial charge in [-0.1, -0.05) is 30.3 Å². The number of benzene rings is 2. The maximum absolute atomic E-state index is 13.7. The number of ether oxygens (including phenoxy) is 1. The molecule has 176 valence electrons. The van der Waals surface area contributed by atoms with Crippen molar-refractivity contribution in [2.45, 2.75) is 31.2 Å². The Hall–Kier alpha value is -2.77. The Morgan fingerprint density at radius 2 is 1.82 bits per heavy atom. The van der Waals surface area contributed by atoms with E-state index in [0.29, 0.717) is 30.8 Å². The fourth-order valence-corrected chi connectivity index (χ4v) is 4.97. The minimum absolute atomic E-state index is 0.117. The van der Waals surface area contributed by atoms with E-state index in [1.807, 2.05) is 18.2 Å². The number of halogens is 1. The normalized spacial score (nSPS) is 20.7. The summed E-state index contributed by atoms with van der Waals surface area (Å²) in [5, 5.41) is 3.11. The molecular formula is C26H32FN3O3. The Labute approximate surface area is 194 Å². The van der Waals surface area contributed by atoms with Gasteiger partial charge in [-0.2, -0.15) is 0 Å². The lowest BCUT2D eigenvalue weighted by Crippen LogP contribution is -2.48. The molecule has 2 aromatic rings. The van der Waals surface area contributed by atoms with E-state index in [1.54, 1.807) is 30.2 Å². The fourth-order valence-electron chi connectivity index (χ4n) is 4.97. The molecule has 2 aliphatic heterocycles. The van der Waals surface area contributed by atoms with Gasteiger partial charge in [-0.25, -0.2) is 4.39 Å². The van der Waals surface area contributed by atoms with Crippen molar-refractivity contribution >= 4 is 11.8 Å². The van der Waals surface area contributed by atoms with Crippen molar-refractivity contribution in [3.63, 3.8) is 0 Å². The first kappa shape index (κ1) is 23.4. The van der Waals surface area contributed by atoms with Crippen LogP contribution in [0.15, 0.2) is 48.5 Å². The molecule has 1 fully saturated rings. The van der Waals surface area contributed by atoms with Gasteiger partial charge in [-0.3, -0.25) is 9.59 Å². The predicted octanol–water partition coefficient (Wildman–Crippen LogP) is 3.35. The summed E-state index contributed by atoms with van der Waals surface area (Å²) in [6, 6.07) is 12.8. The minimum atomic E-state index is -0.590. The van der Waals surface area contributed by atoms with Gasteiger partial charge < -0.3 is 19.9 Å². The van der Waals surface area contributed by atoms with Gasteiger partial charge in [0.25, 0.3) is 5.91 Å². The summed E-state index contributed by atoms with van der Waals surface area (Å²) < 4.78 is 18.9. The van der Waals surface area contributed by atoms with Crippen LogP contribution in [0.3, 0.4) is 0 Å². The number of carbonyl (C=O) groups excluding carboxylic acids is 2. The molecule has 0 radical (unpaired) electrons. The van der Waals surface area contributed by atoms with Gasteiger partial charge in [-0.15, -0.1) is 0 Å². The van der Waals surface area contributed by atoms with Gasteiger partial charge in [0.1, 0.15) is 5.82 Å². The lowest BCUT2D eigenvalue weighted by atomic mass is 9.79. The predicted molar refractivity (Wildman–Crippen MR) is 125 cm³/mol. The minimum Gasteiger partial charge on any atom is -0.383 e. The fraction of sp³-hybridized carbons (Fsp3) is 0.462. The molecule has 2 amide bonds. The molecule has 2 atom stereocenters. The topological polar surface area (TPSA) is 61.9 Å². The second-order valence-electron chi connectivity index (χ2n) is 8.75. The van der Waals surface area contributed by atoms with Crippen molar-refractivity contribution in [1.82, 2.24) is 15.1 Å². The number of carbonyl (C=O) groups is 2. The average molecular weight is 454 g/mol. The smallest absolute Gasteiger partial charge is 0.254 e. The van der Waals surface area contributed by atoms with Crippen LogP contribution in [-0.4, -0.2) is 68.1 Å². The van der Waals surface area contributed by atoms with Crippen molar-refractivity contribution in [3.05, 3.63) is 71.0 Å². The number of rotatable bonds is 9. The molecule has 2 heterocycles. The first-order valence-corrected chi connectivity index (χ1v) is 11.7. The van der Waals surface area contributed by atoms with Crippen LogP contribution < -0.4 is 5.32 Å². The number of fused-ring (bicyclic) bond motifs is 1. The van der Waals surface area contributed by atoms with E-state index in [0.717, 1.165) is 31.6 Å². The first-order chi connectivity index (χ1) is 16.1. The van der Waals surface area contributed by atoms with E-state index >= 15 is 0 Å². The zero-order chi connectivity index (χ0) is 23.2. The lowest BCUT2D eigenvalue weighted by molar-refractivity contribution is -0.124. The molecule has 2 unspecified atom stereocenters. The van der Waals surface area contributed by atoms with Crippen LogP contribution in [0.5, 0.6) is 0 Å². The zero-order valence-corrected chi connectivity index (χ0v) is 19.1. The van der Waals surface area contributed by atoms with Crippen LogP contribution in [0.25, 0.3) is 0 Å². The van der Waals surface area contributed by atoms with Crippen molar-refractivity contribution in [3.8, 4) is 0 Å². The molecule has 33 heavy (non-hydrogen) atoms. The molecule has 4 rings (SSSR count). The van der Waals surface area contributed by atoms with E-state index in [4.69, 9.17) is 4.74 Å². The van der Waals surface area contributed by atoms with Crippen molar-refractivity contribution in [2.75, 3.05) is 46.4 Å². The largest absolute Gasteiger partial charge is 0.383 e. The Morgan fingerprint density at radius 1 is 1.09 bits per heavy atom. The summed E-state index contributed by atoms with van der Waals surface area (Å²) in [5.41, 5.74) is 1.97. The van der Waals surface area contributed by atoms with Crippen LogP contribution in [0.2, 0.25) is 0 Å². The summed E-state index contributed by atoms with van der Waals surface area (Å²) in [7, 11) is 1.58. The number of hydrogen-bond acceptors (Lipinski definition) is 4. The first-order valence-electron chi connectivity index (χ1n) is 11.7. The van der Waals surface area contributed by atoms with Crippen LogP contribution >= 0.6 is 0 Å². The van der Waals surface area contributed by atoms with Gasteiger partial charge in [0.2, 0.25) is 5.91 Å². The highest BCUT2D eigenvalue weighted by atomic mass is 19.1. The zero-order valence-electron chi connectivity index (χ0n) is 19.1. The Bertz CT molecular complexity index is 960. The van der Waals surface area contributed by atoms with Crippen LogP contribution in [-0.2, 0) is 9.53 Å². The second kappa shape index (κ2) is 10.9. The summed E-state index contributed by atoms with van der Waals surface area (Å²) in [6.07, 6.45) is 3.37. The standard InChI is InChI=1S/C26H32FN3O3/c1-33-18-17-30-24(19-9-11-20(27)12-10-19)23(21-7-2-3-8-22(21)26(30)32)25(31)28-13-6-16-29-14-4-5-15-29/h2-3,7-12,23-24H,4-6,13-18H2,1H3,(H,28,31). The molecule has 0 aromatic heterocycles. The molecule has 2 aliphatic rings. The maximum Gasteiger partial charge on any atom is 0.254 e. The van der Waals surface area contributed by atoms with Crippen molar-refractivity contribution in [2.24, 2.45) is 0 Å². The second-order valence-corrected chi connectivity index (χ2v) is 8.75. The molecule has 1 N–H and O–H groups in total. The van der Waals surface area contributed by atoms with Crippen molar-refractivity contribution < 1.29 is 18.7 Å². The van der Waals surface area contributed by atoms with Crippen molar-refractivity contribution in [1.29, 1.82) is 0 Å². The van der Waals surface area contributed by atoms with E-state index < -0.39 is 12.0 Å². The SMILES string of the molecule is COCCN1C(=O)c2ccccc2C(C(=O)NCCCN2CCCC2)C1c1ccc(F)cc1. The molecule has 0 bridgehead atoms. The van der Waals surface area contributed by atoms with Gasteiger partial charge in [-0.05, 0) is 68.2 Å². The van der Waals surface area contributed by atoms with Gasteiger partial charge in [0.15, 0.2) is 0 Å². The Kier molecular flexibility index (Phi) is 7.73. The summed E-state index contributed by atoms with van der Waals surface area (Å²) in [4.78, 5) is 31.1. The third kappa shape index (κ3) is 5.25. The molecule has 0 saturated carbocycles. The molecule has 1 saturated heterocycles. The molecular weight excluding hydrogens is 421 g/mol. The lowest BCUT2D eigenvalue weighted by Gasteiger charge is -2.41. The number of likely N-dealkylation sites (tertiary alicyclic amines) is 1. The summed E-state index contributed by atoms with van der Waals surface area (Å²) >= 11 is 0. The number of nitrogens with one attached hydrogen (secondary N) is 1. The Balaban J connectivity index is 1.62. The molecule has 7 heteroatoms. The number of hydrogen-bond donors (Lipinski definition) is 1. The maximum atomic E-state index is 13.7. The number of nitrogens with zero attached hydrogens (tertiary/aromatic N) is 2. The molecule has 2 aromatic carbocycles. The highest BCUT2D eigenvalue weighted by Crippen LogP contribution is 2.42. The van der Waals surface area contributed by atoms with Crippen LogP contribution in [0, 0.1) is 5.82 Å². The quantitative estimate of drug-likeness (QED) is 0.592. The average Bonchev–Trinajstić information content (AvgIpc) is 3.35. The third-order valence-electron chi connectivity index (χ3n) is 6.62. The van der Waals surface area contributed by atoms with E-state index in [-0.39, 0.29) is 17.6 Å². The molecule has 0 spiro atoms. The highest BCUT2D eigenvalue weighted by molar-refractivity contribution is 6.01. The molecule has 0 aliphatic carbocycles. The van der Waals surface area contributed by atoms with Crippen LogP contribution in [0.4, 0.5) is 4.39 Å². The number of methoxy groups -OCH3 is 1. The molecule has 6 nitrogen and oxygen atoms in total. The highest BCUT2D eigenvalue weighted by Gasteiger charge is 2.43.